The normalized spacial score (nSPS) is 11.9. The molecule has 1 amide bonds. The first-order chi connectivity index (χ1) is 12.1. The molecule has 140 valence electrons. The van der Waals surface area contributed by atoms with Crippen LogP contribution in [0, 0.1) is 0 Å². The van der Waals surface area contributed by atoms with Crippen molar-refractivity contribution in [3.63, 3.8) is 0 Å². The van der Waals surface area contributed by atoms with Crippen LogP contribution in [0.3, 0.4) is 0 Å². The Bertz CT molecular complexity index is 747. The Kier molecular flexibility index (Phi) is 5.95. The standard InChI is InChI=1S/C20H22F3NO2/c1-19(2,3)15-7-9-17(10-8-15)26-13-18(25)24-12-14-5-4-6-16(11-14)20(21,22)23/h4-11H,12-13H2,1-3H3,(H,24,25). The minimum Gasteiger partial charge on any atom is -0.484 e. The van der Waals surface area contributed by atoms with Crippen LogP contribution in [0.1, 0.15) is 37.5 Å². The molecule has 1 N–H and O–H groups in total. The van der Waals surface area contributed by atoms with Crippen molar-refractivity contribution < 1.29 is 22.7 Å². The molecule has 0 fully saturated rings. The van der Waals surface area contributed by atoms with Gasteiger partial charge in [0.25, 0.3) is 5.91 Å². The third-order valence-electron chi connectivity index (χ3n) is 3.83. The first-order valence-electron chi connectivity index (χ1n) is 8.22. The summed E-state index contributed by atoms with van der Waals surface area (Å²) in [6, 6.07) is 12.3. The lowest BCUT2D eigenvalue weighted by atomic mass is 9.87. The van der Waals surface area contributed by atoms with Crippen LogP contribution in [0.4, 0.5) is 13.2 Å². The summed E-state index contributed by atoms with van der Waals surface area (Å²) in [7, 11) is 0. The third-order valence-corrected chi connectivity index (χ3v) is 3.83. The summed E-state index contributed by atoms with van der Waals surface area (Å²) in [6.45, 7) is 6.11. The second kappa shape index (κ2) is 7.81. The van der Waals surface area contributed by atoms with Crippen molar-refractivity contribution in [2.75, 3.05) is 6.61 Å². The van der Waals surface area contributed by atoms with Crippen LogP contribution in [0.15, 0.2) is 48.5 Å². The molecule has 0 spiro atoms. The highest BCUT2D eigenvalue weighted by molar-refractivity contribution is 5.77. The summed E-state index contributed by atoms with van der Waals surface area (Å²) in [5.74, 6) is 0.162. The summed E-state index contributed by atoms with van der Waals surface area (Å²) < 4.78 is 43.4. The molecule has 0 saturated heterocycles. The van der Waals surface area contributed by atoms with Crippen LogP contribution in [-0.2, 0) is 22.9 Å². The van der Waals surface area contributed by atoms with Crippen LogP contribution in [0.25, 0.3) is 0 Å². The minimum absolute atomic E-state index is 0.00900. The van der Waals surface area contributed by atoms with Crippen molar-refractivity contribution >= 4 is 5.91 Å². The van der Waals surface area contributed by atoms with E-state index in [1.165, 1.54) is 12.1 Å². The predicted molar refractivity (Wildman–Crippen MR) is 93.9 cm³/mol. The Morgan fingerprint density at radius 2 is 1.65 bits per heavy atom. The molecule has 0 saturated carbocycles. The Labute approximate surface area is 151 Å². The van der Waals surface area contributed by atoms with Crippen LogP contribution >= 0.6 is 0 Å². The molecule has 2 aromatic rings. The predicted octanol–water partition coefficient (Wildman–Crippen LogP) is 4.70. The number of carbonyl (C=O) groups is 1. The quantitative estimate of drug-likeness (QED) is 0.834. The Balaban J connectivity index is 1.84. The average Bonchev–Trinajstić information content (AvgIpc) is 2.57. The molecule has 6 heteroatoms. The topological polar surface area (TPSA) is 38.3 Å². The highest BCUT2D eigenvalue weighted by atomic mass is 19.4. The maximum Gasteiger partial charge on any atom is 0.416 e. The third kappa shape index (κ3) is 5.79. The second-order valence-electron chi connectivity index (χ2n) is 7.04. The average molecular weight is 365 g/mol. The van der Waals surface area contributed by atoms with Crippen LogP contribution in [0.5, 0.6) is 5.75 Å². The Morgan fingerprint density at radius 3 is 2.23 bits per heavy atom. The van der Waals surface area contributed by atoms with Crippen molar-refractivity contribution in [3.8, 4) is 5.75 Å². The maximum atomic E-state index is 12.7. The van der Waals surface area contributed by atoms with E-state index >= 15 is 0 Å². The van der Waals surface area contributed by atoms with Gasteiger partial charge in [-0.25, -0.2) is 0 Å². The van der Waals surface area contributed by atoms with Gasteiger partial charge >= 0.3 is 6.18 Å². The number of nitrogens with one attached hydrogen (secondary N) is 1. The molecule has 0 aliphatic rings. The molecule has 3 nitrogen and oxygen atoms in total. The van der Waals surface area contributed by atoms with Gasteiger partial charge < -0.3 is 10.1 Å². The lowest BCUT2D eigenvalue weighted by Gasteiger charge is -2.19. The molecule has 0 atom stereocenters. The number of benzene rings is 2. The first-order valence-corrected chi connectivity index (χ1v) is 8.22. The van der Waals surface area contributed by atoms with Gasteiger partial charge in [0.2, 0.25) is 0 Å². The first kappa shape index (κ1) is 19.8. The van der Waals surface area contributed by atoms with Crippen molar-refractivity contribution in [2.24, 2.45) is 0 Å². The van der Waals surface area contributed by atoms with Gasteiger partial charge in [-0.3, -0.25) is 4.79 Å². The lowest BCUT2D eigenvalue weighted by Crippen LogP contribution is -2.28. The fourth-order valence-electron chi connectivity index (χ4n) is 2.31. The second-order valence-corrected chi connectivity index (χ2v) is 7.04. The molecule has 26 heavy (non-hydrogen) atoms. The van der Waals surface area contributed by atoms with E-state index in [0.29, 0.717) is 11.3 Å². The molecule has 0 radical (unpaired) electrons. The summed E-state index contributed by atoms with van der Waals surface area (Å²) in [6.07, 6.45) is -4.40. The van der Waals surface area contributed by atoms with Gasteiger partial charge in [0.15, 0.2) is 6.61 Å². The van der Waals surface area contributed by atoms with Gasteiger partial charge in [0, 0.05) is 6.54 Å². The van der Waals surface area contributed by atoms with Crippen molar-refractivity contribution in [1.82, 2.24) is 5.32 Å². The molecule has 2 rings (SSSR count). The van der Waals surface area contributed by atoms with Gasteiger partial charge in [-0.2, -0.15) is 13.2 Å². The smallest absolute Gasteiger partial charge is 0.416 e. The summed E-state index contributed by atoms with van der Waals surface area (Å²) in [5.41, 5.74) is 0.821. The molecule has 2 aromatic carbocycles. The van der Waals surface area contributed by atoms with Crippen molar-refractivity contribution in [3.05, 3.63) is 65.2 Å². The molecule has 0 unspecified atom stereocenters. The van der Waals surface area contributed by atoms with Crippen LogP contribution in [0.2, 0.25) is 0 Å². The number of carbonyl (C=O) groups excluding carboxylic acids is 1. The van der Waals surface area contributed by atoms with Gasteiger partial charge in [0.1, 0.15) is 5.75 Å². The van der Waals surface area contributed by atoms with Gasteiger partial charge in [-0.05, 0) is 40.8 Å². The lowest BCUT2D eigenvalue weighted by molar-refractivity contribution is -0.137. The van der Waals surface area contributed by atoms with E-state index in [1.54, 1.807) is 12.1 Å². The highest BCUT2D eigenvalue weighted by Crippen LogP contribution is 2.29. The zero-order valence-corrected chi connectivity index (χ0v) is 15.0. The van der Waals surface area contributed by atoms with Crippen LogP contribution in [-0.4, -0.2) is 12.5 Å². The fraction of sp³-hybridized carbons (Fsp3) is 0.350. The van der Waals surface area contributed by atoms with Crippen LogP contribution < -0.4 is 10.1 Å². The maximum absolute atomic E-state index is 12.7. The molecule has 0 heterocycles. The molecule has 0 aromatic heterocycles. The Morgan fingerprint density at radius 1 is 1.00 bits per heavy atom. The van der Waals surface area contributed by atoms with E-state index in [-0.39, 0.29) is 18.6 Å². The van der Waals surface area contributed by atoms with E-state index in [0.717, 1.165) is 17.7 Å². The zero-order chi connectivity index (χ0) is 19.4. The van der Waals surface area contributed by atoms with Crippen molar-refractivity contribution in [2.45, 2.75) is 38.9 Å². The largest absolute Gasteiger partial charge is 0.484 e. The zero-order valence-electron chi connectivity index (χ0n) is 15.0. The number of hydrogen-bond donors (Lipinski definition) is 1. The van der Waals surface area contributed by atoms with Gasteiger partial charge in [-0.1, -0.05) is 45.0 Å². The van der Waals surface area contributed by atoms with E-state index in [2.05, 4.69) is 26.1 Å². The highest BCUT2D eigenvalue weighted by Gasteiger charge is 2.30. The fourth-order valence-corrected chi connectivity index (χ4v) is 2.31. The van der Waals surface area contributed by atoms with E-state index in [4.69, 9.17) is 4.74 Å². The SMILES string of the molecule is CC(C)(C)c1ccc(OCC(=O)NCc2cccc(C(F)(F)F)c2)cc1. The van der Waals surface area contributed by atoms with E-state index in [1.807, 2.05) is 12.1 Å². The molecular formula is C20H22F3NO2. The monoisotopic (exact) mass is 365 g/mol. The van der Waals surface area contributed by atoms with Gasteiger partial charge in [-0.15, -0.1) is 0 Å². The molecule has 0 bridgehead atoms. The summed E-state index contributed by atoms with van der Waals surface area (Å²) >= 11 is 0. The number of halogens is 3. The van der Waals surface area contributed by atoms with E-state index < -0.39 is 17.6 Å². The molecule has 0 aliphatic carbocycles. The van der Waals surface area contributed by atoms with Gasteiger partial charge in [0.05, 0.1) is 5.56 Å². The number of amides is 1. The number of alkyl halides is 3. The van der Waals surface area contributed by atoms with E-state index in [9.17, 15) is 18.0 Å². The molecule has 0 aliphatic heterocycles. The summed E-state index contributed by atoms with van der Waals surface area (Å²) in [4.78, 5) is 11.8. The summed E-state index contributed by atoms with van der Waals surface area (Å²) in [5, 5.41) is 2.55. The Hall–Kier alpha value is -2.50. The minimum atomic E-state index is -4.40. The van der Waals surface area contributed by atoms with Crippen molar-refractivity contribution in [1.29, 1.82) is 0 Å². The number of rotatable bonds is 5. The molecular weight excluding hydrogens is 343 g/mol. The number of hydrogen-bond acceptors (Lipinski definition) is 2. The number of ether oxygens (including phenoxy) is 1.